The van der Waals surface area contributed by atoms with Crippen molar-refractivity contribution in [3.05, 3.63) is 65.4 Å². The Balaban J connectivity index is 1.73. The van der Waals surface area contributed by atoms with E-state index < -0.39 is 0 Å². The highest BCUT2D eigenvalue weighted by molar-refractivity contribution is 5.51. The molecule has 0 amide bonds. The van der Waals surface area contributed by atoms with E-state index in [-0.39, 0.29) is 5.82 Å². The molecule has 5 heteroatoms. The molecule has 2 aromatic heterocycles. The van der Waals surface area contributed by atoms with Crippen LogP contribution in [0.25, 0.3) is 5.65 Å². The van der Waals surface area contributed by atoms with Crippen LogP contribution in [0.1, 0.15) is 29.8 Å². The molecule has 2 N–H and O–H groups in total. The average molecular weight is 324 g/mol. The van der Waals surface area contributed by atoms with E-state index in [0.717, 1.165) is 42.2 Å². The van der Waals surface area contributed by atoms with Gasteiger partial charge in [0.2, 0.25) is 0 Å². The van der Waals surface area contributed by atoms with Gasteiger partial charge in [0.15, 0.2) is 0 Å². The number of nitrogen functional groups attached to an aromatic ring is 1. The fourth-order valence-electron chi connectivity index (χ4n) is 3.42. The minimum Gasteiger partial charge on any atom is -0.398 e. The Hall–Kier alpha value is -2.40. The predicted octanol–water partition coefficient (Wildman–Crippen LogP) is 3.24. The smallest absolute Gasteiger partial charge is 0.137 e. The number of hydrogen-bond acceptors (Lipinski definition) is 3. The maximum atomic E-state index is 13.1. The van der Waals surface area contributed by atoms with Crippen LogP contribution >= 0.6 is 0 Å². The van der Waals surface area contributed by atoms with Crippen LogP contribution in [0.2, 0.25) is 0 Å². The molecule has 1 saturated heterocycles. The van der Waals surface area contributed by atoms with E-state index in [1.807, 2.05) is 30.5 Å². The molecule has 4 nitrogen and oxygen atoms in total. The third-order valence-corrected chi connectivity index (χ3v) is 4.68. The van der Waals surface area contributed by atoms with Crippen molar-refractivity contribution in [2.75, 3.05) is 18.8 Å². The lowest BCUT2D eigenvalue weighted by atomic mass is 10.1. The van der Waals surface area contributed by atoms with Crippen LogP contribution in [-0.2, 0) is 13.0 Å². The summed E-state index contributed by atoms with van der Waals surface area (Å²) in [5.41, 5.74) is 10.9. The summed E-state index contributed by atoms with van der Waals surface area (Å²) in [7, 11) is 0. The van der Waals surface area contributed by atoms with Gasteiger partial charge in [-0.25, -0.2) is 9.37 Å². The number of nitrogens with zero attached hydrogens (tertiary/aromatic N) is 3. The maximum absolute atomic E-state index is 13.1. The Morgan fingerprint density at radius 3 is 2.54 bits per heavy atom. The van der Waals surface area contributed by atoms with Gasteiger partial charge in [0.25, 0.3) is 0 Å². The minimum absolute atomic E-state index is 0.209. The number of rotatable bonds is 4. The zero-order valence-corrected chi connectivity index (χ0v) is 13.6. The molecule has 24 heavy (non-hydrogen) atoms. The van der Waals surface area contributed by atoms with E-state index in [0.29, 0.717) is 6.42 Å². The molecule has 0 radical (unpaired) electrons. The molecular formula is C19H21FN4. The summed E-state index contributed by atoms with van der Waals surface area (Å²) in [6, 6.07) is 10.5. The highest BCUT2D eigenvalue weighted by Crippen LogP contribution is 2.22. The fraction of sp³-hybridized carbons (Fsp3) is 0.316. The number of halogens is 1. The molecule has 0 saturated carbocycles. The first-order valence-electron chi connectivity index (χ1n) is 8.41. The third-order valence-electron chi connectivity index (χ3n) is 4.68. The predicted molar refractivity (Wildman–Crippen MR) is 93.3 cm³/mol. The van der Waals surface area contributed by atoms with E-state index in [2.05, 4.69) is 9.30 Å². The SMILES string of the molecule is Nc1ccc2nc(Cc3ccc(F)cc3)c(CN3CCCC3)n2c1. The van der Waals surface area contributed by atoms with Gasteiger partial charge >= 0.3 is 0 Å². The minimum atomic E-state index is -0.209. The number of nitrogens with two attached hydrogens (primary N) is 1. The lowest BCUT2D eigenvalue weighted by molar-refractivity contribution is 0.325. The molecule has 0 bridgehead atoms. The standard InChI is InChI=1S/C19H21FN4/c20-15-5-3-14(4-6-15)11-17-18(13-23-9-1-2-10-23)24-12-16(21)7-8-19(24)22-17/h3-8,12H,1-2,9-11,13,21H2. The second-order valence-electron chi connectivity index (χ2n) is 6.48. The maximum Gasteiger partial charge on any atom is 0.137 e. The van der Waals surface area contributed by atoms with Crippen LogP contribution in [0.4, 0.5) is 10.1 Å². The highest BCUT2D eigenvalue weighted by atomic mass is 19.1. The summed E-state index contributed by atoms with van der Waals surface area (Å²) in [5.74, 6) is -0.209. The van der Waals surface area contributed by atoms with Crippen molar-refractivity contribution >= 4 is 11.3 Å². The van der Waals surface area contributed by atoms with E-state index in [4.69, 9.17) is 10.7 Å². The average Bonchev–Trinajstić information content (AvgIpc) is 3.19. The van der Waals surface area contributed by atoms with Crippen LogP contribution in [0.3, 0.4) is 0 Å². The normalized spacial score (nSPS) is 15.4. The van der Waals surface area contributed by atoms with Gasteiger partial charge in [-0.05, 0) is 55.8 Å². The summed E-state index contributed by atoms with van der Waals surface area (Å²) in [5, 5.41) is 0. The van der Waals surface area contributed by atoms with Gasteiger partial charge in [-0.2, -0.15) is 0 Å². The molecule has 0 spiro atoms. The number of anilines is 1. The Morgan fingerprint density at radius 2 is 1.79 bits per heavy atom. The van der Waals surface area contributed by atoms with E-state index in [1.54, 1.807) is 0 Å². The number of benzene rings is 1. The van der Waals surface area contributed by atoms with E-state index in [9.17, 15) is 4.39 Å². The fourth-order valence-corrected chi connectivity index (χ4v) is 3.42. The van der Waals surface area contributed by atoms with Crippen molar-refractivity contribution in [2.45, 2.75) is 25.8 Å². The summed E-state index contributed by atoms with van der Waals surface area (Å²) < 4.78 is 15.3. The first-order chi connectivity index (χ1) is 11.7. The molecule has 1 aromatic carbocycles. The lowest BCUT2D eigenvalue weighted by Crippen LogP contribution is -2.20. The first-order valence-corrected chi connectivity index (χ1v) is 8.41. The number of pyridine rings is 1. The van der Waals surface area contributed by atoms with Crippen molar-refractivity contribution in [1.82, 2.24) is 14.3 Å². The monoisotopic (exact) mass is 324 g/mol. The van der Waals surface area contributed by atoms with Gasteiger partial charge in [-0.3, -0.25) is 4.90 Å². The van der Waals surface area contributed by atoms with Gasteiger partial charge in [0.05, 0.1) is 11.4 Å². The number of aromatic nitrogens is 2. The molecule has 4 rings (SSSR count). The molecule has 3 heterocycles. The number of likely N-dealkylation sites (tertiary alicyclic amines) is 1. The van der Waals surface area contributed by atoms with Gasteiger partial charge in [0, 0.05) is 24.8 Å². The van der Waals surface area contributed by atoms with Crippen LogP contribution in [0.5, 0.6) is 0 Å². The second-order valence-corrected chi connectivity index (χ2v) is 6.48. The molecule has 3 aromatic rings. The molecule has 124 valence electrons. The molecule has 0 atom stereocenters. The second kappa shape index (κ2) is 6.24. The summed E-state index contributed by atoms with van der Waals surface area (Å²) >= 11 is 0. The van der Waals surface area contributed by atoms with Crippen molar-refractivity contribution in [1.29, 1.82) is 0 Å². The number of fused-ring (bicyclic) bond motifs is 1. The largest absolute Gasteiger partial charge is 0.398 e. The van der Waals surface area contributed by atoms with Crippen molar-refractivity contribution in [3.8, 4) is 0 Å². The topological polar surface area (TPSA) is 46.6 Å². The van der Waals surface area contributed by atoms with Crippen LogP contribution in [0, 0.1) is 5.82 Å². The third kappa shape index (κ3) is 2.99. The molecule has 1 aliphatic heterocycles. The highest BCUT2D eigenvalue weighted by Gasteiger charge is 2.18. The Bertz CT molecular complexity index is 848. The zero-order valence-electron chi connectivity index (χ0n) is 13.6. The number of hydrogen-bond donors (Lipinski definition) is 1. The summed E-state index contributed by atoms with van der Waals surface area (Å²) in [6.07, 6.45) is 5.16. The first kappa shape index (κ1) is 15.1. The Labute approximate surface area is 140 Å². The van der Waals surface area contributed by atoms with Crippen LogP contribution in [-0.4, -0.2) is 27.4 Å². The van der Waals surface area contributed by atoms with Crippen molar-refractivity contribution < 1.29 is 4.39 Å². The van der Waals surface area contributed by atoms with Crippen molar-refractivity contribution in [3.63, 3.8) is 0 Å². The quantitative estimate of drug-likeness (QED) is 0.801. The van der Waals surface area contributed by atoms with Crippen LogP contribution < -0.4 is 5.73 Å². The van der Waals surface area contributed by atoms with Gasteiger partial charge in [0.1, 0.15) is 11.5 Å². The molecule has 1 fully saturated rings. The lowest BCUT2D eigenvalue weighted by Gasteiger charge is -2.15. The van der Waals surface area contributed by atoms with Gasteiger partial charge < -0.3 is 10.1 Å². The van der Waals surface area contributed by atoms with E-state index in [1.165, 1.54) is 30.7 Å². The molecule has 0 aliphatic carbocycles. The van der Waals surface area contributed by atoms with E-state index >= 15 is 0 Å². The molecule has 1 aliphatic rings. The number of imidazole rings is 1. The summed E-state index contributed by atoms with van der Waals surface area (Å²) in [6.45, 7) is 3.14. The van der Waals surface area contributed by atoms with Gasteiger partial charge in [-0.15, -0.1) is 0 Å². The van der Waals surface area contributed by atoms with Crippen molar-refractivity contribution in [2.24, 2.45) is 0 Å². The van der Waals surface area contributed by atoms with Gasteiger partial charge in [-0.1, -0.05) is 12.1 Å². The van der Waals surface area contributed by atoms with Crippen LogP contribution in [0.15, 0.2) is 42.6 Å². The molecular weight excluding hydrogens is 303 g/mol. The zero-order chi connectivity index (χ0) is 16.5. The Morgan fingerprint density at radius 1 is 1.04 bits per heavy atom. The molecule has 0 unspecified atom stereocenters. The Kier molecular flexibility index (Phi) is 3.94. The summed E-state index contributed by atoms with van der Waals surface area (Å²) in [4.78, 5) is 7.26.